The Hall–Kier alpha value is -2.93. The van der Waals surface area contributed by atoms with Gasteiger partial charge in [-0.05, 0) is 67.1 Å². The monoisotopic (exact) mass is 439 g/mol. The van der Waals surface area contributed by atoms with E-state index in [1.165, 1.54) is 17.2 Å². The van der Waals surface area contributed by atoms with Gasteiger partial charge in [0.05, 0.1) is 5.92 Å². The summed E-state index contributed by atoms with van der Waals surface area (Å²) >= 11 is 0. The summed E-state index contributed by atoms with van der Waals surface area (Å²) in [5, 5.41) is 6.67. The van der Waals surface area contributed by atoms with Crippen molar-refractivity contribution in [3.05, 3.63) is 70.5 Å². The van der Waals surface area contributed by atoms with Crippen LogP contribution in [0.1, 0.15) is 35.1 Å². The zero-order chi connectivity index (χ0) is 22.9. The van der Waals surface area contributed by atoms with Crippen molar-refractivity contribution in [1.29, 1.82) is 0 Å². The predicted molar refractivity (Wildman–Crippen MR) is 127 cm³/mol. The van der Waals surface area contributed by atoms with E-state index in [1.54, 1.807) is 13.1 Å². The third kappa shape index (κ3) is 7.05. The SMILES string of the molecule is CN=C(NCCc1ccc(F)cc1C)NCc1cccc(CN2CCCC(C(N)=O)C2)c1. The van der Waals surface area contributed by atoms with Gasteiger partial charge in [0.2, 0.25) is 5.91 Å². The first kappa shape index (κ1) is 23.7. The molecule has 0 radical (unpaired) electrons. The number of carbonyl (C=O) groups excluding carboxylic acids is 1. The fourth-order valence-corrected chi connectivity index (χ4v) is 4.19. The Morgan fingerprint density at radius 3 is 2.78 bits per heavy atom. The number of piperidine rings is 1. The highest BCUT2D eigenvalue weighted by Gasteiger charge is 2.23. The minimum absolute atomic E-state index is 0.0401. The number of carbonyl (C=O) groups is 1. The lowest BCUT2D eigenvalue weighted by molar-refractivity contribution is -0.123. The van der Waals surface area contributed by atoms with E-state index in [-0.39, 0.29) is 17.6 Å². The van der Waals surface area contributed by atoms with Crippen LogP contribution in [0, 0.1) is 18.7 Å². The van der Waals surface area contributed by atoms with Crippen molar-refractivity contribution in [2.75, 3.05) is 26.7 Å². The lowest BCUT2D eigenvalue weighted by atomic mass is 9.97. The number of nitrogens with two attached hydrogens (primary N) is 1. The molecule has 2 aromatic rings. The van der Waals surface area contributed by atoms with E-state index in [9.17, 15) is 9.18 Å². The highest BCUT2D eigenvalue weighted by atomic mass is 19.1. The molecule has 1 fully saturated rings. The van der Waals surface area contributed by atoms with E-state index in [0.29, 0.717) is 13.1 Å². The molecule has 2 aromatic carbocycles. The molecular weight excluding hydrogens is 405 g/mol. The van der Waals surface area contributed by atoms with E-state index in [1.807, 2.05) is 13.0 Å². The Bertz CT molecular complexity index is 946. The van der Waals surface area contributed by atoms with Crippen molar-refractivity contribution >= 4 is 11.9 Å². The first-order valence-corrected chi connectivity index (χ1v) is 11.2. The number of amides is 1. The second kappa shape index (κ2) is 11.6. The van der Waals surface area contributed by atoms with E-state index >= 15 is 0 Å². The second-order valence-corrected chi connectivity index (χ2v) is 8.47. The summed E-state index contributed by atoms with van der Waals surface area (Å²) in [5.74, 6) is 0.296. The van der Waals surface area contributed by atoms with Crippen LogP contribution >= 0.6 is 0 Å². The number of aryl methyl sites for hydroxylation is 1. The molecule has 1 aliphatic rings. The summed E-state index contributed by atoms with van der Waals surface area (Å²) in [6.07, 6.45) is 2.70. The molecule has 0 aromatic heterocycles. The van der Waals surface area contributed by atoms with Crippen molar-refractivity contribution in [3.63, 3.8) is 0 Å². The smallest absolute Gasteiger partial charge is 0.221 e. The third-order valence-electron chi connectivity index (χ3n) is 5.98. The number of hydrogen-bond donors (Lipinski definition) is 3. The molecule has 6 nitrogen and oxygen atoms in total. The van der Waals surface area contributed by atoms with Gasteiger partial charge in [0, 0.05) is 33.2 Å². The summed E-state index contributed by atoms with van der Waals surface area (Å²) in [6, 6.07) is 13.4. The lowest BCUT2D eigenvalue weighted by Gasteiger charge is -2.31. The highest BCUT2D eigenvalue weighted by Crippen LogP contribution is 2.19. The van der Waals surface area contributed by atoms with Crippen molar-refractivity contribution < 1.29 is 9.18 Å². The minimum Gasteiger partial charge on any atom is -0.369 e. The van der Waals surface area contributed by atoms with Gasteiger partial charge in [-0.25, -0.2) is 4.39 Å². The third-order valence-corrected chi connectivity index (χ3v) is 5.98. The van der Waals surface area contributed by atoms with Gasteiger partial charge in [0.15, 0.2) is 5.96 Å². The molecule has 3 rings (SSSR count). The van der Waals surface area contributed by atoms with Gasteiger partial charge in [-0.2, -0.15) is 0 Å². The number of nitrogens with one attached hydrogen (secondary N) is 2. The molecule has 32 heavy (non-hydrogen) atoms. The minimum atomic E-state index is -0.202. The maximum Gasteiger partial charge on any atom is 0.221 e. The molecule has 0 bridgehead atoms. The number of hydrogen-bond acceptors (Lipinski definition) is 3. The zero-order valence-electron chi connectivity index (χ0n) is 19.0. The molecule has 1 unspecified atom stereocenters. The van der Waals surface area contributed by atoms with Gasteiger partial charge in [-0.3, -0.25) is 14.7 Å². The van der Waals surface area contributed by atoms with Gasteiger partial charge in [-0.1, -0.05) is 30.3 Å². The number of guanidine groups is 1. The molecule has 0 aliphatic carbocycles. The Morgan fingerprint density at radius 2 is 2.03 bits per heavy atom. The number of rotatable bonds is 8. The lowest BCUT2D eigenvalue weighted by Crippen LogP contribution is -2.40. The Kier molecular flexibility index (Phi) is 8.62. The second-order valence-electron chi connectivity index (χ2n) is 8.47. The average Bonchev–Trinajstić information content (AvgIpc) is 2.78. The average molecular weight is 440 g/mol. The van der Waals surface area contributed by atoms with Gasteiger partial charge in [0.25, 0.3) is 0 Å². The Morgan fingerprint density at radius 1 is 1.22 bits per heavy atom. The van der Waals surface area contributed by atoms with E-state index < -0.39 is 0 Å². The number of benzene rings is 2. The molecule has 4 N–H and O–H groups in total. The van der Waals surface area contributed by atoms with Gasteiger partial charge in [-0.15, -0.1) is 0 Å². The molecule has 172 valence electrons. The number of primary amides is 1. The Labute approximate surface area is 190 Å². The van der Waals surface area contributed by atoms with Crippen LogP contribution in [0.25, 0.3) is 0 Å². The van der Waals surface area contributed by atoms with E-state index in [0.717, 1.165) is 56.0 Å². The summed E-state index contributed by atoms with van der Waals surface area (Å²) in [6.45, 7) is 5.85. The summed E-state index contributed by atoms with van der Waals surface area (Å²) in [7, 11) is 1.75. The molecule has 1 atom stereocenters. The van der Waals surface area contributed by atoms with Crippen LogP contribution in [0.15, 0.2) is 47.5 Å². The fourth-order valence-electron chi connectivity index (χ4n) is 4.19. The fraction of sp³-hybridized carbons (Fsp3) is 0.440. The van der Waals surface area contributed by atoms with Crippen molar-refractivity contribution in [2.45, 2.75) is 39.3 Å². The van der Waals surface area contributed by atoms with Crippen LogP contribution in [0.3, 0.4) is 0 Å². The van der Waals surface area contributed by atoms with Crippen molar-refractivity contribution in [3.8, 4) is 0 Å². The van der Waals surface area contributed by atoms with Crippen LogP contribution in [-0.4, -0.2) is 43.4 Å². The topological polar surface area (TPSA) is 82.8 Å². The van der Waals surface area contributed by atoms with Gasteiger partial charge >= 0.3 is 0 Å². The molecule has 7 heteroatoms. The van der Waals surface area contributed by atoms with Crippen LogP contribution in [0.5, 0.6) is 0 Å². The zero-order valence-corrected chi connectivity index (χ0v) is 19.0. The number of likely N-dealkylation sites (tertiary alicyclic amines) is 1. The largest absolute Gasteiger partial charge is 0.369 e. The first-order valence-electron chi connectivity index (χ1n) is 11.2. The number of aliphatic imine (C=N–C) groups is 1. The molecule has 0 spiro atoms. The van der Waals surface area contributed by atoms with Crippen molar-refractivity contribution in [2.24, 2.45) is 16.6 Å². The normalized spacial score (nSPS) is 17.2. The summed E-state index contributed by atoms with van der Waals surface area (Å²) < 4.78 is 13.3. The maximum absolute atomic E-state index is 13.3. The van der Waals surface area contributed by atoms with Crippen LogP contribution in [0.4, 0.5) is 4.39 Å². The standard InChI is InChI=1S/C25H34FN5O/c1-18-13-23(26)9-8-21(18)10-11-29-25(28-2)30-15-19-5-3-6-20(14-19)16-31-12-4-7-22(17-31)24(27)32/h3,5-6,8-9,13-14,22H,4,7,10-12,15-17H2,1-2H3,(H2,27,32)(H2,28,29,30). The molecule has 1 saturated heterocycles. The number of nitrogens with zero attached hydrogens (tertiary/aromatic N) is 2. The van der Waals surface area contributed by atoms with E-state index in [2.05, 4.69) is 44.8 Å². The predicted octanol–water partition coefficient (Wildman–Crippen LogP) is 2.74. The van der Waals surface area contributed by atoms with Gasteiger partial charge < -0.3 is 16.4 Å². The molecular formula is C25H34FN5O. The molecule has 1 heterocycles. The molecule has 1 amide bonds. The molecule has 0 saturated carbocycles. The molecule has 1 aliphatic heterocycles. The van der Waals surface area contributed by atoms with Crippen molar-refractivity contribution in [1.82, 2.24) is 15.5 Å². The first-order chi connectivity index (χ1) is 15.4. The summed E-state index contributed by atoms with van der Waals surface area (Å²) in [4.78, 5) is 18.1. The quantitative estimate of drug-likeness (QED) is 0.436. The van der Waals surface area contributed by atoms with Crippen LogP contribution in [0.2, 0.25) is 0 Å². The van der Waals surface area contributed by atoms with Gasteiger partial charge in [0.1, 0.15) is 5.82 Å². The summed E-state index contributed by atoms with van der Waals surface area (Å²) in [5.41, 5.74) is 9.98. The maximum atomic E-state index is 13.3. The van der Waals surface area contributed by atoms with E-state index in [4.69, 9.17) is 5.73 Å². The Balaban J connectivity index is 1.47. The van der Waals surface area contributed by atoms with Crippen LogP contribution in [-0.2, 0) is 24.3 Å². The number of halogens is 1. The highest BCUT2D eigenvalue weighted by molar-refractivity contribution is 5.79. The van der Waals surface area contributed by atoms with Crippen LogP contribution < -0.4 is 16.4 Å².